The predicted molar refractivity (Wildman–Crippen MR) is 89.4 cm³/mol. The molecule has 0 saturated heterocycles. The number of benzene rings is 2. The van der Waals surface area contributed by atoms with Crippen LogP contribution in [0.15, 0.2) is 54.6 Å². The molecule has 2 aromatic rings. The monoisotopic (exact) mass is 324 g/mol. The fourth-order valence-electron chi connectivity index (χ4n) is 1.98. The lowest BCUT2D eigenvalue weighted by Crippen LogP contribution is -2.24. The summed E-state index contributed by atoms with van der Waals surface area (Å²) in [5.41, 5.74) is 1.61. The third-order valence-corrected chi connectivity index (χ3v) is 3.22. The minimum Gasteiger partial charge on any atom is -0.445 e. The number of nitriles is 1. The third kappa shape index (κ3) is 5.58. The van der Waals surface area contributed by atoms with Gasteiger partial charge in [0.1, 0.15) is 18.5 Å². The number of alkyl carbamates (subject to hydrolysis) is 1. The van der Waals surface area contributed by atoms with Gasteiger partial charge in [-0.25, -0.2) is 9.18 Å². The molecular formula is C19H17FN2O2. The molecule has 1 N–H and O–H groups in total. The van der Waals surface area contributed by atoms with Crippen LogP contribution in [0.2, 0.25) is 0 Å². The predicted octanol–water partition coefficient (Wildman–Crippen LogP) is 4.03. The molecule has 122 valence electrons. The summed E-state index contributed by atoms with van der Waals surface area (Å²) < 4.78 is 18.5. The molecule has 0 radical (unpaired) electrons. The Morgan fingerprint density at radius 1 is 1.25 bits per heavy atom. The van der Waals surface area contributed by atoms with Crippen molar-refractivity contribution in [3.05, 3.63) is 77.1 Å². The van der Waals surface area contributed by atoms with Gasteiger partial charge in [-0.15, -0.1) is 0 Å². The summed E-state index contributed by atoms with van der Waals surface area (Å²) in [6.45, 7) is 0.649. The average Bonchev–Trinajstić information content (AvgIpc) is 2.61. The number of hydrogen-bond acceptors (Lipinski definition) is 3. The Morgan fingerprint density at radius 2 is 2.04 bits per heavy atom. The van der Waals surface area contributed by atoms with Crippen LogP contribution in [0.1, 0.15) is 23.1 Å². The molecule has 1 amide bonds. The van der Waals surface area contributed by atoms with E-state index in [2.05, 4.69) is 5.32 Å². The maximum absolute atomic E-state index is 13.4. The minimum atomic E-state index is -0.540. The Balaban J connectivity index is 1.68. The van der Waals surface area contributed by atoms with Gasteiger partial charge in [-0.3, -0.25) is 0 Å². The van der Waals surface area contributed by atoms with Crippen molar-refractivity contribution in [3.63, 3.8) is 0 Å². The number of hydrogen-bond donors (Lipinski definition) is 1. The van der Waals surface area contributed by atoms with Gasteiger partial charge in [0.2, 0.25) is 0 Å². The van der Waals surface area contributed by atoms with Crippen LogP contribution >= 0.6 is 0 Å². The number of carbonyl (C=O) groups is 1. The van der Waals surface area contributed by atoms with Crippen molar-refractivity contribution in [2.45, 2.75) is 13.0 Å². The van der Waals surface area contributed by atoms with Crippen LogP contribution in [0.25, 0.3) is 6.08 Å². The molecule has 24 heavy (non-hydrogen) atoms. The molecule has 0 spiro atoms. The average molecular weight is 324 g/mol. The van der Waals surface area contributed by atoms with Gasteiger partial charge in [0.05, 0.1) is 5.56 Å². The molecule has 0 aliphatic heterocycles. The van der Waals surface area contributed by atoms with E-state index in [1.807, 2.05) is 36.4 Å². The molecule has 0 unspecified atom stereocenters. The molecule has 5 heteroatoms. The molecule has 0 saturated carbocycles. The van der Waals surface area contributed by atoms with E-state index in [1.165, 1.54) is 12.1 Å². The summed E-state index contributed by atoms with van der Waals surface area (Å²) in [7, 11) is 0. The van der Waals surface area contributed by atoms with E-state index in [0.29, 0.717) is 18.5 Å². The van der Waals surface area contributed by atoms with E-state index >= 15 is 0 Å². The van der Waals surface area contributed by atoms with Crippen LogP contribution in [0.3, 0.4) is 0 Å². The number of nitrogens with zero attached hydrogens (tertiary/aromatic N) is 1. The van der Waals surface area contributed by atoms with Crippen molar-refractivity contribution in [1.82, 2.24) is 5.32 Å². The zero-order chi connectivity index (χ0) is 17.2. The Labute approximate surface area is 140 Å². The molecule has 0 fully saturated rings. The smallest absolute Gasteiger partial charge is 0.407 e. The highest BCUT2D eigenvalue weighted by Gasteiger charge is 2.02. The molecule has 0 aliphatic carbocycles. The highest BCUT2D eigenvalue weighted by molar-refractivity contribution is 5.67. The normalized spacial score (nSPS) is 10.3. The highest BCUT2D eigenvalue weighted by atomic mass is 19.1. The van der Waals surface area contributed by atoms with Gasteiger partial charge in [-0.2, -0.15) is 5.26 Å². The van der Waals surface area contributed by atoms with E-state index < -0.39 is 11.9 Å². The lowest BCUT2D eigenvalue weighted by Gasteiger charge is -2.05. The number of ether oxygens (including phenoxy) is 1. The minimum absolute atomic E-state index is 0.0231. The van der Waals surface area contributed by atoms with Crippen molar-refractivity contribution in [3.8, 4) is 6.07 Å². The second-order valence-electron chi connectivity index (χ2n) is 5.03. The first kappa shape index (κ1) is 17.2. The van der Waals surface area contributed by atoms with E-state index in [0.717, 1.165) is 5.56 Å². The van der Waals surface area contributed by atoms with Crippen molar-refractivity contribution < 1.29 is 13.9 Å². The van der Waals surface area contributed by atoms with E-state index in [1.54, 1.807) is 18.2 Å². The number of carbonyl (C=O) groups excluding carboxylic acids is 1. The summed E-state index contributed by atoms with van der Waals surface area (Å²) >= 11 is 0. The SMILES string of the molecule is N#Cc1ccc(C=CCCNC(=O)OCc2ccccc2)cc1F. The summed E-state index contributed by atoms with van der Waals surface area (Å²) in [6, 6.07) is 15.6. The van der Waals surface area contributed by atoms with Crippen LogP contribution in [0.4, 0.5) is 9.18 Å². The van der Waals surface area contributed by atoms with E-state index in [4.69, 9.17) is 10.00 Å². The fraction of sp³-hybridized carbons (Fsp3) is 0.158. The summed E-state index contributed by atoms with van der Waals surface area (Å²) in [5.74, 6) is -0.540. The summed E-state index contributed by atoms with van der Waals surface area (Å²) in [5, 5.41) is 11.3. The first-order valence-electron chi connectivity index (χ1n) is 7.50. The maximum atomic E-state index is 13.4. The zero-order valence-electron chi connectivity index (χ0n) is 13.0. The van der Waals surface area contributed by atoms with Gasteiger partial charge in [-0.1, -0.05) is 48.6 Å². The molecule has 2 rings (SSSR count). The first-order valence-corrected chi connectivity index (χ1v) is 7.50. The van der Waals surface area contributed by atoms with Crippen LogP contribution < -0.4 is 5.32 Å². The van der Waals surface area contributed by atoms with Crippen LogP contribution in [-0.2, 0) is 11.3 Å². The van der Waals surface area contributed by atoms with Crippen molar-refractivity contribution in [2.24, 2.45) is 0 Å². The molecule has 0 atom stereocenters. The Kier molecular flexibility index (Phi) is 6.54. The second kappa shape index (κ2) is 9.11. The number of amides is 1. The zero-order valence-corrected chi connectivity index (χ0v) is 13.0. The van der Waals surface area contributed by atoms with Crippen molar-refractivity contribution in [2.75, 3.05) is 6.54 Å². The molecule has 0 bridgehead atoms. The highest BCUT2D eigenvalue weighted by Crippen LogP contribution is 2.11. The third-order valence-electron chi connectivity index (χ3n) is 3.22. The van der Waals surface area contributed by atoms with Gasteiger partial charge >= 0.3 is 6.09 Å². The quantitative estimate of drug-likeness (QED) is 0.816. The topological polar surface area (TPSA) is 62.1 Å². The van der Waals surface area contributed by atoms with Gasteiger partial charge in [0, 0.05) is 6.54 Å². The second-order valence-corrected chi connectivity index (χ2v) is 5.03. The van der Waals surface area contributed by atoms with Gasteiger partial charge < -0.3 is 10.1 Å². The van der Waals surface area contributed by atoms with Crippen molar-refractivity contribution in [1.29, 1.82) is 5.26 Å². The van der Waals surface area contributed by atoms with E-state index in [-0.39, 0.29) is 12.2 Å². The molecular weight excluding hydrogens is 307 g/mol. The Hall–Kier alpha value is -3.13. The maximum Gasteiger partial charge on any atom is 0.407 e. The lowest BCUT2D eigenvalue weighted by molar-refractivity contribution is 0.140. The van der Waals surface area contributed by atoms with Crippen LogP contribution in [0.5, 0.6) is 0 Å². The molecule has 0 aliphatic rings. The molecule has 4 nitrogen and oxygen atoms in total. The van der Waals surface area contributed by atoms with Gasteiger partial charge in [0.25, 0.3) is 0 Å². The summed E-state index contributed by atoms with van der Waals surface area (Å²) in [6.07, 6.45) is 3.67. The van der Waals surface area contributed by atoms with Gasteiger partial charge in [0.15, 0.2) is 0 Å². The molecule has 0 heterocycles. The van der Waals surface area contributed by atoms with Crippen molar-refractivity contribution >= 4 is 12.2 Å². The fourth-order valence-corrected chi connectivity index (χ4v) is 1.98. The summed E-state index contributed by atoms with van der Waals surface area (Å²) in [4.78, 5) is 11.5. The molecule has 2 aromatic carbocycles. The largest absolute Gasteiger partial charge is 0.445 e. The van der Waals surface area contributed by atoms with Crippen LogP contribution in [-0.4, -0.2) is 12.6 Å². The standard InChI is InChI=1S/C19H17FN2O2/c20-18-12-15(9-10-17(18)13-21)6-4-5-11-22-19(23)24-14-16-7-2-1-3-8-16/h1-4,6-10,12H,5,11,14H2,(H,22,23). The number of rotatable bonds is 6. The Bertz CT molecular complexity index is 752. The first-order chi connectivity index (χ1) is 11.7. The Morgan fingerprint density at radius 3 is 2.75 bits per heavy atom. The number of halogens is 1. The van der Waals surface area contributed by atoms with Crippen LogP contribution in [0, 0.1) is 17.1 Å². The van der Waals surface area contributed by atoms with E-state index in [9.17, 15) is 9.18 Å². The lowest BCUT2D eigenvalue weighted by atomic mass is 10.1. The molecule has 0 aromatic heterocycles. The van der Waals surface area contributed by atoms with Gasteiger partial charge in [-0.05, 0) is 29.7 Å². The number of nitrogens with one attached hydrogen (secondary N) is 1.